The van der Waals surface area contributed by atoms with E-state index >= 15 is 0 Å². The van der Waals surface area contributed by atoms with Crippen LogP contribution in [0.15, 0.2) is 9.59 Å². The summed E-state index contributed by atoms with van der Waals surface area (Å²) in [4.78, 5) is 24.4. The van der Waals surface area contributed by atoms with Crippen LogP contribution in [0.3, 0.4) is 0 Å². The van der Waals surface area contributed by atoms with Crippen molar-refractivity contribution in [3.05, 3.63) is 20.8 Å². The predicted molar refractivity (Wildman–Crippen MR) is 91.3 cm³/mol. The van der Waals surface area contributed by atoms with E-state index in [0.29, 0.717) is 12.2 Å². The van der Waals surface area contributed by atoms with Crippen LogP contribution in [-0.2, 0) is 13.6 Å². The number of nitrogens with zero attached hydrogens (tertiary/aromatic N) is 2. The van der Waals surface area contributed by atoms with Crippen LogP contribution in [0.5, 0.6) is 0 Å². The summed E-state index contributed by atoms with van der Waals surface area (Å²) in [7, 11) is 1.48. The van der Waals surface area contributed by atoms with Gasteiger partial charge in [0.25, 0.3) is 5.56 Å². The lowest BCUT2D eigenvalue weighted by atomic mass is 10.2. The van der Waals surface area contributed by atoms with E-state index in [1.807, 2.05) is 27.0 Å². The lowest BCUT2D eigenvalue weighted by Gasteiger charge is -2.20. The standard InChI is InChI=1S/C14H26N4O2S/c1-9(2)8-18-12(15)11(13(19)17(4)14(18)20)16-10(3)6-7-21-5/h9-10,16H,6-8,15H2,1-5H3. The Morgan fingerprint density at radius 1 is 1.29 bits per heavy atom. The molecule has 0 spiro atoms. The quantitative estimate of drug-likeness (QED) is 0.793. The first-order chi connectivity index (χ1) is 9.79. The molecule has 1 rings (SSSR count). The summed E-state index contributed by atoms with van der Waals surface area (Å²) in [6, 6.07) is 0.123. The highest BCUT2D eigenvalue weighted by Gasteiger charge is 2.17. The fourth-order valence-electron chi connectivity index (χ4n) is 2.07. The van der Waals surface area contributed by atoms with Crippen LogP contribution in [0.1, 0.15) is 27.2 Å². The minimum atomic E-state index is -0.367. The lowest BCUT2D eigenvalue weighted by Crippen LogP contribution is -2.42. The molecule has 0 bridgehead atoms. The van der Waals surface area contributed by atoms with Crippen molar-refractivity contribution in [2.24, 2.45) is 13.0 Å². The Bertz CT molecular complexity index is 592. The normalized spacial score (nSPS) is 12.7. The summed E-state index contributed by atoms with van der Waals surface area (Å²) in [6.07, 6.45) is 2.97. The van der Waals surface area contributed by atoms with Crippen molar-refractivity contribution in [3.8, 4) is 0 Å². The molecular formula is C14H26N4O2S. The molecule has 3 N–H and O–H groups in total. The first kappa shape index (κ1) is 17.7. The van der Waals surface area contributed by atoms with Crippen molar-refractivity contribution in [2.45, 2.75) is 39.8 Å². The highest BCUT2D eigenvalue weighted by Crippen LogP contribution is 2.15. The SMILES string of the molecule is CSCCC(C)Nc1c(N)n(CC(C)C)c(=O)n(C)c1=O. The zero-order valence-electron chi connectivity index (χ0n) is 13.5. The van der Waals surface area contributed by atoms with Crippen LogP contribution < -0.4 is 22.3 Å². The highest BCUT2D eigenvalue weighted by atomic mass is 32.2. The van der Waals surface area contributed by atoms with Gasteiger partial charge in [0.1, 0.15) is 11.5 Å². The number of hydrogen-bond acceptors (Lipinski definition) is 5. The van der Waals surface area contributed by atoms with Gasteiger partial charge in [-0.3, -0.25) is 13.9 Å². The van der Waals surface area contributed by atoms with Crippen molar-refractivity contribution < 1.29 is 0 Å². The van der Waals surface area contributed by atoms with Gasteiger partial charge in [-0.15, -0.1) is 0 Å². The zero-order valence-corrected chi connectivity index (χ0v) is 14.3. The molecule has 21 heavy (non-hydrogen) atoms. The molecule has 6 nitrogen and oxygen atoms in total. The summed E-state index contributed by atoms with van der Waals surface area (Å²) in [5.41, 5.74) is 5.65. The summed E-state index contributed by atoms with van der Waals surface area (Å²) >= 11 is 1.76. The summed E-state index contributed by atoms with van der Waals surface area (Å²) < 4.78 is 2.58. The largest absolute Gasteiger partial charge is 0.383 e. The molecule has 0 fully saturated rings. The summed E-state index contributed by atoms with van der Waals surface area (Å²) in [6.45, 7) is 6.51. The summed E-state index contributed by atoms with van der Waals surface area (Å²) in [5, 5.41) is 3.16. The third-order valence-electron chi connectivity index (χ3n) is 3.28. The van der Waals surface area contributed by atoms with Gasteiger partial charge < -0.3 is 11.1 Å². The van der Waals surface area contributed by atoms with Gasteiger partial charge in [0.2, 0.25) is 0 Å². The zero-order chi connectivity index (χ0) is 16.2. The van der Waals surface area contributed by atoms with Gasteiger partial charge in [-0.2, -0.15) is 11.8 Å². The van der Waals surface area contributed by atoms with E-state index in [-0.39, 0.29) is 29.0 Å². The van der Waals surface area contributed by atoms with Crippen LogP contribution >= 0.6 is 11.8 Å². The van der Waals surface area contributed by atoms with Gasteiger partial charge in [0, 0.05) is 19.6 Å². The fraction of sp³-hybridized carbons (Fsp3) is 0.714. The number of hydrogen-bond donors (Lipinski definition) is 2. The van der Waals surface area contributed by atoms with Gasteiger partial charge in [-0.05, 0) is 31.3 Å². The molecule has 1 heterocycles. The van der Waals surface area contributed by atoms with Gasteiger partial charge in [-0.25, -0.2) is 4.79 Å². The molecule has 0 aliphatic carbocycles. The second-order valence-electron chi connectivity index (χ2n) is 5.74. The van der Waals surface area contributed by atoms with Gasteiger partial charge in [0.15, 0.2) is 0 Å². The van der Waals surface area contributed by atoms with Crippen LogP contribution in [-0.4, -0.2) is 27.2 Å². The van der Waals surface area contributed by atoms with Crippen LogP contribution in [0.25, 0.3) is 0 Å². The summed E-state index contributed by atoms with van der Waals surface area (Å²) in [5.74, 6) is 1.50. The average molecular weight is 314 g/mol. The topological polar surface area (TPSA) is 82.0 Å². The fourth-order valence-corrected chi connectivity index (χ4v) is 2.66. The van der Waals surface area contributed by atoms with E-state index in [1.165, 1.54) is 11.6 Å². The second kappa shape index (κ2) is 7.59. The molecule has 0 aromatic carbocycles. The van der Waals surface area contributed by atoms with E-state index in [1.54, 1.807) is 11.8 Å². The Kier molecular flexibility index (Phi) is 6.39. The Balaban J connectivity index is 3.23. The third-order valence-corrected chi connectivity index (χ3v) is 3.92. The van der Waals surface area contributed by atoms with Gasteiger partial charge in [0.05, 0.1) is 0 Å². The molecule has 0 saturated heterocycles. The number of aromatic nitrogens is 2. The Labute approximate surface area is 129 Å². The lowest BCUT2D eigenvalue weighted by molar-refractivity contribution is 0.494. The van der Waals surface area contributed by atoms with Crippen LogP contribution in [0.2, 0.25) is 0 Å². The van der Waals surface area contributed by atoms with E-state index in [0.717, 1.165) is 16.7 Å². The van der Waals surface area contributed by atoms with E-state index < -0.39 is 0 Å². The van der Waals surface area contributed by atoms with Gasteiger partial charge in [-0.1, -0.05) is 13.8 Å². The second-order valence-corrected chi connectivity index (χ2v) is 6.72. The monoisotopic (exact) mass is 314 g/mol. The highest BCUT2D eigenvalue weighted by molar-refractivity contribution is 7.98. The smallest absolute Gasteiger partial charge is 0.332 e. The molecule has 7 heteroatoms. The molecular weight excluding hydrogens is 288 g/mol. The maximum absolute atomic E-state index is 12.3. The average Bonchev–Trinajstić information content (AvgIpc) is 2.43. The van der Waals surface area contributed by atoms with E-state index in [4.69, 9.17) is 5.73 Å². The maximum atomic E-state index is 12.3. The van der Waals surface area contributed by atoms with Gasteiger partial charge >= 0.3 is 5.69 Å². The van der Waals surface area contributed by atoms with E-state index in [2.05, 4.69) is 5.32 Å². The van der Waals surface area contributed by atoms with Crippen molar-refractivity contribution >= 4 is 23.3 Å². The molecule has 0 saturated carbocycles. The van der Waals surface area contributed by atoms with Crippen molar-refractivity contribution in [1.82, 2.24) is 9.13 Å². The van der Waals surface area contributed by atoms with Crippen molar-refractivity contribution in [1.29, 1.82) is 0 Å². The van der Waals surface area contributed by atoms with Crippen molar-refractivity contribution in [2.75, 3.05) is 23.1 Å². The number of nitrogens with two attached hydrogens (primary N) is 1. The number of anilines is 2. The molecule has 1 atom stereocenters. The number of thioether (sulfide) groups is 1. The Morgan fingerprint density at radius 3 is 2.43 bits per heavy atom. The molecule has 0 radical (unpaired) electrons. The first-order valence-electron chi connectivity index (χ1n) is 7.14. The van der Waals surface area contributed by atoms with Crippen LogP contribution in [0.4, 0.5) is 11.5 Å². The van der Waals surface area contributed by atoms with E-state index in [9.17, 15) is 9.59 Å². The predicted octanol–water partition coefficient (Wildman–Crippen LogP) is 1.34. The first-order valence-corrected chi connectivity index (χ1v) is 8.53. The Hall–Kier alpha value is -1.37. The minimum absolute atomic E-state index is 0.123. The van der Waals surface area contributed by atoms with Crippen LogP contribution in [0, 0.1) is 5.92 Å². The number of rotatable bonds is 7. The maximum Gasteiger partial charge on any atom is 0.332 e. The molecule has 0 amide bonds. The molecule has 1 aromatic heterocycles. The Morgan fingerprint density at radius 2 is 1.90 bits per heavy atom. The molecule has 0 aliphatic heterocycles. The van der Waals surface area contributed by atoms with Crippen molar-refractivity contribution in [3.63, 3.8) is 0 Å². The molecule has 1 unspecified atom stereocenters. The minimum Gasteiger partial charge on any atom is -0.383 e. The molecule has 1 aromatic rings. The molecule has 0 aliphatic rings. The number of nitrogen functional groups attached to an aromatic ring is 1. The molecule has 120 valence electrons. The number of nitrogens with one attached hydrogen (secondary N) is 1. The third kappa shape index (κ3) is 4.30.